The molecule has 1 fully saturated rings. The van der Waals surface area contributed by atoms with Crippen LogP contribution in [0.1, 0.15) is 31.2 Å². The predicted molar refractivity (Wildman–Crippen MR) is 116 cm³/mol. The molecule has 0 saturated heterocycles. The molecule has 0 bridgehead atoms. The number of carboxylic acids is 1. The standard InChI is InChI=1S/C23H22ClFN2O4/c24-18-5-3-6-19(25)17(18)13-26-20-7-2-1-4-16(20)21(28)27(23(26)31)12-14-8-10-15(11-9-14)22(29)30/h1-7,14-15H,8-13H2,(H,29,30). The Morgan fingerprint density at radius 1 is 1.03 bits per heavy atom. The second-order valence-corrected chi connectivity index (χ2v) is 8.46. The summed E-state index contributed by atoms with van der Waals surface area (Å²) in [6.07, 6.45) is 2.33. The van der Waals surface area contributed by atoms with Crippen molar-refractivity contribution in [3.05, 3.63) is 79.7 Å². The van der Waals surface area contributed by atoms with Crippen LogP contribution in [0.25, 0.3) is 10.9 Å². The molecule has 0 unspecified atom stereocenters. The first-order valence-electron chi connectivity index (χ1n) is 10.2. The quantitative estimate of drug-likeness (QED) is 0.647. The number of carboxylic acid groups (broad SMARTS) is 1. The summed E-state index contributed by atoms with van der Waals surface area (Å²) in [7, 11) is 0. The van der Waals surface area contributed by atoms with E-state index in [1.807, 2.05) is 0 Å². The monoisotopic (exact) mass is 444 g/mol. The average molecular weight is 445 g/mol. The first-order valence-corrected chi connectivity index (χ1v) is 10.6. The molecule has 0 amide bonds. The molecule has 0 aliphatic heterocycles. The molecule has 2 aromatic carbocycles. The molecule has 1 saturated carbocycles. The lowest BCUT2D eigenvalue weighted by Gasteiger charge is -2.26. The minimum atomic E-state index is -0.801. The summed E-state index contributed by atoms with van der Waals surface area (Å²) in [6, 6.07) is 11.1. The van der Waals surface area contributed by atoms with Gasteiger partial charge in [0.25, 0.3) is 5.56 Å². The van der Waals surface area contributed by atoms with Gasteiger partial charge in [-0.1, -0.05) is 29.8 Å². The Hall–Kier alpha value is -2.93. The summed E-state index contributed by atoms with van der Waals surface area (Å²) in [6.45, 7) is 0.108. The van der Waals surface area contributed by atoms with E-state index in [1.165, 1.54) is 21.3 Å². The summed E-state index contributed by atoms with van der Waals surface area (Å²) in [5.41, 5.74) is -0.313. The van der Waals surface area contributed by atoms with Gasteiger partial charge in [0.05, 0.1) is 23.4 Å². The van der Waals surface area contributed by atoms with Gasteiger partial charge in [-0.25, -0.2) is 9.18 Å². The Morgan fingerprint density at radius 2 is 1.74 bits per heavy atom. The van der Waals surface area contributed by atoms with Gasteiger partial charge in [0, 0.05) is 17.1 Å². The molecule has 1 heterocycles. The van der Waals surface area contributed by atoms with Crippen LogP contribution in [-0.4, -0.2) is 20.2 Å². The van der Waals surface area contributed by atoms with Gasteiger partial charge >= 0.3 is 11.7 Å². The van der Waals surface area contributed by atoms with Gasteiger partial charge in [-0.3, -0.25) is 18.7 Å². The topological polar surface area (TPSA) is 81.3 Å². The Bertz CT molecular complexity index is 1240. The number of para-hydroxylation sites is 1. The number of fused-ring (bicyclic) bond motifs is 1. The van der Waals surface area contributed by atoms with Gasteiger partial charge in [-0.15, -0.1) is 0 Å². The Labute approximate surface area is 182 Å². The third-order valence-electron chi connectivity index (χ3n) is 6.15. The van der Waals surface area contributed by atoms with Gasteiger partial charge in [0.2, 0.25) is 0 Å². The fourth-order valence-corrected chi connectivity index (χ4v) is 4.60. The SMILES string of the molecule is O=C(O)C1CCC(Cn2c(=O)c3ccccc3n(Cc3c(F)cccc3Cl)c2=O)CC1. The zero-order valence-corrected chi connectivity index (χ0v) is 17.5. The van der Waals surface area contributed by atoms with E-state index in [2.05, 4.69) is 0 Å². The third kappa shape index (κ3) is 4.14. The number of aliphatic carboxylic acids is 1. The van der Waals surface area contributed by atoms with E-state index in [0.717, 1.165) is 0 Å². The molecule has 4 rings (SSSR count). The lowest BCUT2D eigenvalue weighted by molar-refractivity contribution is -0.143. The molecule has 0 atom stereocenters. The number of aromatic nitrogens is 2. The van der Waals surface area contributed by atoms with Crippen LogP contribution in [0.3, 0.4) is 0 Å². The molecule has 8 heteroatoms. The van der Waals surface area contributed by atoms with Crippen molar-refractivity contribution in [1.29, 1.82) is 0 Å². The minimum Gasteiger partial charge on any atom is -0.481 e. The molecular formula is C23H22ClFN2O4. The van der Waals surface area contributed by atoms with Gasteiger partial charge < -0.3 is 5.11 Å². The summed E-state index contributed by atoms with van der Waals surface area (Å²) >= 11 is 6.18. The predicted octanol–water partition coefficient (Wildman–Crippen LogP) is 3.90. The van der Waals surface area contributed by atoms with Crippen LogP contribution in [0.5, 0.6) is 0 Å². The molecule has 0 radical (unpaired) electrons. The number of hydrogen-bond acceptors (Lipinski definition) is 3. The highest BCUT2D eigenvalue weighted by Crippen LogP contribution is 2.29. The van der Waals surface area contributed by atoms with E-state index < -0.39 is 23.0 Å². The molecule has 1 aromatic heterocycles. The molecule has 3 aromatic rings. The highest BCUT2D eigenvalue weighted by molar-refractivity contribution is 6.31. The second-order valence-electron chi connectivity index (χ2n) is 8.06. The number of carbonyl (C=O) groups is 1. The van der Waals surface area contributed by atoms with Crippen LogP contribution in [0.15, 0.2) is 52.1 Å². The van der Waals surface area contributed by atoms with E-state index in [9.17, 15) is 23.9 Å². The molecule has 162 valence electrons. The van der Waals surface area contributed by atoms with Gasteiger partial charge in [0.15, 0.2) is 0 Å². The fourth-order valence-electron chi connectivity index (χ4n) is 4.38. The van der Waals surface area contributed by atoms with E-state index in [-0.39, 0.29) is 35.5 Å². The lowest BCUT2D eigenvalue weighted by Crippen LogP contribution is -2.42. The average Bonchev–Trinajstić information content (AvgIpc) is 2.76. The number of nitrogens with zero attached hydrogens (tertiary/aromatic N) is 2. The smallest absolute Gasteiger partial charge is 0.331 e. The number of halogens is 2. The van der Waals surface area contributed by atoms with Crippen LogP contribution in [0.4, 0.5) is 4.39 Å². The molecule has 31 heavy (non-hydrogen) atoms. The van der Waals surface area contributed by atoms with Crippen molar-refractivity contribution in [3.8, 4) is 0 Å². The zero-order chi connectivity index (χ0) is 22.1. The third-order valence-corrected chi connectivity index (χ3v) is 6.50. The zero-order valence-electron chi connectivity index (χ0n) is 16.8. The van der Waals surface area contributed by atoms with Crippen LogP contribution in [0, 0.1) is 17.7 Å². The fraction of sp³-hybridized carbons (Fsp3) is 0.348. The Morgan fingerprint density at radius 3 is 2.42 bits per heavy atom. The van der Waals surface area contributed by atoms with Crippen molar-refractivity contribution in [2.24, 2.45) is 11.8 Å². The Balaban J connectivity index is 1.76. The van der Waals surface area contributed by atoms with Gasteiger partial charge in [0.1, 0.15) is 5.82 Å². The normalized spacial score (nSPS) is 18.9. The van der Waals surface area contributed by atoms with Crippen LogP contribution >= 0.6 is 11.6 Å². The van der Waals surface area contributed by atoms with E-state index in [4.69, 9.17) is 11.6 Å². The minimum absolute atomic E-state index is 0.0349. The van der Waals surface area contributed by atoms with Crippen LogP contribution < -0.4 is 11.2 Å². The second kappa shape index (κ2) is 8.67. The molecule has 1 aliphatic rings. The first-order chi connectivity index (χ1) is 14.9. The van der Waals surface area contributed by atoms with E-state index >= 15 is 0 Å². The molecule has 6 nitrogen and oxygen atoms in total. The summed E-state index contributed by atoms with van der Waals surface area (Å²) in [4.78, 5) is 37.6. The summed E-state index contributed by atoms with van der Waals surface area (Å²) < 4.78 is 17.0. The molecule has 1 aliphatic carbocycles. The van der Waals surface area contributed by atoms with Gasteiger partial charge in [-0.2, -0.15) is 0 Å². The molecule has 1 N–H and O–H groups in total. The highest BCUT2D eigenvalue weighted by Gasteiger charge is 2.27. The lowest BCUT2D eigenvalue weighted by atomic mass is 9.82. The summed E-state index contributed by atoms with van der Waals surface area (Å²) in [5.74, 6) is -1.66. The van der Waals surface area contributed by atoms with Crippen molar-refractivity contribution in [2.75, 3.05) is 0 Å². The molecule has 0 spiro atoms. The van der Waals surface area contributed by atoms with Crippen LogP contribution in [0.2, 0.25) is 5.02 Å². The first kappa shape index (κ1) is 21.3. The largest absolute Gasteiger partial charge is 0.481 e. The maximum atomic E-state index is 14.4. The van der Waals surface area contributed by atoms with Crippen molar-refractivity contribution in [3.63, 3.8) is 0 Å². The van der Waals surface area contributed by atoms with Crippen molar-refractivity contribution >= 4 is 28.5 Å². The van der Waals surface area contributed by atoms with Crippen molar-refractivity contribution in [2.45, 2.75) is 38.8 Å². The Kier molecular flexibility index (Phi) is 5.96. The highest BCUT2D eigenvalue weighted by atomic mass is 35.5. The van der Waals surface area contributed by atoms with Crippen LogP contribution in [-0.2, 0) is 17.9 Å². The van der Waals surface area contributed by atoms with E-state index in [1.54, 1.807) is 30.3 Å². The maximum absolute atomic E-state index is 14.4. The number of hydrogen-bond donors (Lipinski definition) is 1. The number of benzene rings is 2. The summed E-state index contributed by atoms with van der Waals surface area (Å²) in [5, 5.41) is 9.77. The number of rotatable bonds is 5. The van der Waals surface area contributed by atoms with E-state index in [0.29, 0.717) is 36.6 Å². The van der Waals surface area contributed by atoms with Crippen molar-refractivity contribution < 1.29 is 14.3 Å². The van der Waals surface area contributed by atoms with Crippen molar-refractivity contribution in [1.82, 2.24) is 9.13 Å². The van der Waals surface area contributed by atoms with Gasteiger partial charge in [-0.05, 0) is 55.9 Å². The molecular weight excluding hydrogens is 423 g/mol. The maximum Gasteiger partial charge on any atom is 0.331 e.